The van der Waals surface area contributed by atoms with Crippen molar-refractivity contribution in [2.24, 2.45) is 11.8 Å². The van der Waals surface area contributed by atoms with E-state index in [1.54, 1.807) is 4.90 Å². The highest BCUT2D eigenvalue weighted by atomic mass is 35.5. The lowest BCUT2D eigenvalue weighted by Gasteiger charge is -2.26. The molecule has 1 aliphatic heterocycles. The molecule has 1 saturated heterocycles. The second-order valence-electron chi connectivity index (χ2n) is 7.13. The van der Waals surface area contributed by atoms with Crippen LogP contribution in [0.25, 0.3) is 0 Å². The number of nitrogens with zero attached hydrogens (tertiary/aromatic N) is 1. The Morgan fingerprint density at radius 1 is 1.48 bits per heavy atom. The predicted molar refractivity (Wildman–Crippen MR) is 92.2 cm³/mol. The van der Waals surface area contributed by atoms with E-state index >= 15 is 0 Å². The molecule has 5 nitrogen and oxygen atoms in total. The molecule has 23 heavy (non-hydrogen) atoms. The highest BCUT2D eigenvalue weighted by molar-refractivity contribution is 6.31. The number of hydrogen-bond donors (Lipinski definition) is 2. The lowest BCUT2D eigenvalue weighted by Crippen LogP contribution is -2.38. The summed E-state index contributed by atoms with van der Waals surface area (Å²) in [7, 11) is 0. The molecule has 1 amide bonds. The molecule has 0 aromatic heterocycles. The van der Waals surface area contributed by atoms with Crippen molar-refractivity contribution in [3.05, 3.63) is 34.3 Å². The van der Waals surface area contributed by atoms with E-state index in [0.717, 1.165) is 22.6 Å². The van der Waals surface area contributed by atoms with Gasteiger partial charge in [-0.15, -0.1) is 0 Å². The maximum absolute atomic E-state index is 12.2. The van der Waals surface area contributed by atoms with Crippen LogP contribution in [-0.4, -0.2) is 29.7 Å². The molecule has 1 aliphatic rings. The van der Waals surface area contributed by atoms with E-state index in [0.29, 0.717) is 13.1 Å². The van der Waals surface area contributed by atoms with Gasteiger partial charge in [0.05, 0.1) is 6.04 Å². The summed E-state index contributed by atoms with van der Waals surface area (Å²) in [5.74, 6) is 6.00. The molecule has 1 heterocycles. The van der Waals surface area contributed by atoms with Crippen LogP contribution >= 0.6 is 11.6 Å². The van der Waals surface area contributed by atoms with E-state index in [9.17, 15) is 4.79 Å². The van der Waals surface area contributed by atoms with Crippen LogP contribution in [0, 0.1) is 12.8 Å². The summed E-state index contributed by atoms with van der Waals surface area (Å²) in [5.41, 5.74) is 4.47. The Hall–Kier alpha value is -1.30. The third-order valence-corrected chi connectivity index (χ3v) is 4.49. The first-order chi connectivity index (χ1) is 10.7. The molecular formula is C17H26ClN3O2. The summed E-state index contributed by atoms with van der Waals surface area (Å²) in [6.07, 6.45) is 0.609. The Bertz CT molecular complexity index is 571. The van der Waals surface area contributed by atoms with Crippen LogP contribution < -0.4 is 11.3 Å². The molecule has 128 valence electrons. The van der Waals surface area contributed by atoms with Gasteiger partial charge in [0.25, 0.3) is 0 Å². The van der Waals surface area contributed by atoms with Crippen LogP contribution in [0.15, 0.2) is 18.2 Å². The smallest absolute Gasteiger partial charge is 0.410 e. The molecule has 2 atom stereocenters. The average molecular weight is 340 g/mol. The number of ether oxygens (including phenoxy) is 1. The van der Waals surface area contributed by atoms with Gasteiger partial charge in [0.2, 0.25) is 0 Å². The van der Waals surface area contributed by atoms with Gasteiger partial charge in [-0.3, -0.25) is 11.3 Å². The second-order valence-corrected chi connectivity index (χ2v) is 7.54. The average Bonchev–Trinajstić information content (AvgIpc) is 2.91. The summed E-state index contributed by atoms with van der Waals surface area (Å²) in [6, 6.07) is 5.92. The molecule has 0 bridgehead atoms. The van der Waals surface area contributed by atoms with Crippen molar-refractivity contribution in [3.63, 3.8) is 0 Å². The first-order valence-electron chi connectivity index (χ1n) is 7.91. The highest BCUT2D eigenvalue weighted by Crippen LogP contribution is 2.32. The third kappa shape index (κ3) is 4.59. The number of halogens is 1. The molecule has 1 aromatic carbocycles. The molecule has 0 radical (unpaired) electrons. The van der Waals surface area contributed by atoms with Crippen LogP contribution in [0.5, 0.6) is 0 Å². The van der Waals surface area contributed by atoms with E-state index in [2.05, 4.69) is 5.43 Å². The normalized spacial score (nSPS) is 19.7. The maximum atomic E-state index is 12.2. The minimum Gasteiger partial charge on any atom is -0.444 e. The number of rotatable bonds is 3. The lowest BCUT2D eigenvalue weighted by molar-refractivity contribution is 0.0285. The lowest BCUT2D eigenvalue weighted by atomic mass is 9.92. The number of aryl methyl sites for hydroxylation is 1. The summed E-state index contributed by atoms with van der Waals surface area (Å²) in [4.78, 5) is 13.9. The first kappa shape index (κ1) is 18.0. The Morgan fingerprint density at radius 3 is 2.74 bits per heavy atom. The van der Waals surface area contributed by atoms with Crippen molar-refractivity contribution in [3.8, 4) is 0 Å². The van der Waals surface area contributed by atoms with Crippen LogP contribution in [-0.2, 0) is 4.74 Å². The first-order valence-corrected chi connectivity index (χ1v) is 8.29. The fourth-order valence-corrected chi connectivity index (χ4v) is 3.05. The summed E-state index contributed by atoms with van der Waals surface area (Å²) >= 11 is 6.22. The maximum Gasteiger partial charge on any atom is 0.410 e. The number of carbonyl (C=O) groups excluding carboxylic acids is 1. The number of hydrazine groups is 1. The number of amides is 1. The van der Waals surface area contributed by atoms with Crippen molar-refractivity contribution in [2.75, 3.05) is 13.1 Å². The van der Waals surface area contributed by atoms with Crippen molar-refractivity contribution >= 4 is 17.7 Å². The molecule has 2 unspecified atom stereocenters. The Balaban J connectivity index is 2.06. The largest absolute Gasteiger partial charge is 0.444 e. The molecule has 0 spiro atoms. The van der Waals surface area contributed by atoms with E-state index in [-0.39, 0.29) is 18.1 Å². The van der Waals surface area contributed by atoms with Gasteiger partial charge in [-0.25, -0.2) is 4.79 Å². The molecule has 0 saturated carbocycles. The van der Waals surface area contributed by atoms with Crippen molar-refractivity contribution in [1.82, 2.24) is 10.3 Å². The number of benzene rings is 1. The van der Waals surface area contributed by atoms with E-state index in [1.165, 1.54) is 0 Å². The Labute approximate surface area is 143 Å². The fraction of sp³-hybridized carbons (Fsp3) is 0.588. The molecule has 1 fully saturated rings. The fourth-order valence-electron chi connectivity index (χ4n) is 2.86. The second kappa shape index (κ2) is 7.07. The molecule has 0 aliphatic carbocycles. The summed E-state index contributed by atoms with van der Waals surface area (Å²) < 4.78 is 5.44. The monoisotopic (exact) mass is 339 g/mol. The number of hydrogen-bond acceptors (Lipinski definition) is 4. The molecule has 2 rings (SSSR count). The standard InChI is InChI=1S/C17H26ClN3O2/c1-11-5-6-12(9-14(11)18)15(20-19)13-7-8-21(10-13)16(22)23-17(2,3)4/h5-6,9,13,15,20H,7-8,10,19H2,1-4H3. The molecular weight excluding hydrogens is 314 g/mol. The van der Waals surface area contributed by atoms with Gasteiger partial charge in [-0.1, -0.05) is 23.7 Å². The molecule has 1 aromatic rings. The van der Waals surface area contributed by atoms with Crippen molar-refractivity contribution in [1.29, 1.82) is 0 Å². The van der Waals surface area contributed by atoms with Gasteiger partial charge < -0.3 is 9.64 Å². The van der Waals surface area contributed by atoms with Crippen molar-refractivity contribution in [2.45, 2.75) is 45.8 Å². The molecule has 6 heteroatoms. The van der Waals surface area contributed by atoms with Gasteiger partial charge in [0.1, 0.15) is 5.60 Å². The number of nitrogens with one attached hydrogen (secondary N) is 1. The van der Waals surface area contributed by atoms with Crippen LogP contribution in [0.2, 0.25) is 5.02 Å². The zero-order valence-electron chi connectivity index (χ0n) is 14.2. The number of likely N-dealkylation sites (tertiary alicyclic amines) is 1. The van der Waals surface area contributed by atoms with Gasteiger partial charge in [0.15, 0.2) is 0 Å². The van der Waals surface area contributed by atoms with E-state index < -0.39 is 5.60 Å². The predicted octanol–water partition coefficient (Wildman–Crippen LogP) is 3.41. The van der Waals surface area contributed by atoms with Gasteiger partial charge in [0, 0.05) is 18.1 Å². The minimum absolute atomic E-state index is 0.0412. The van der Waals surface area contributed by atoms with Gasteiger partial charge in [-0.05, 0) is 57.2 Å². The van der Waals surface area contributed by atoms with E-state index in [1.807, 2.05) is 45.9 Å². The topological polar surface area (TPSA) is 67.6 Å². The quantitative estimate of drug-likeness (QED) is 0.654. The minimum atomic E-state index is -0.481. The van der Waals surface area contributed by atoms with Crippen LogP contribution in [0.4, 0.5) is 4.79 Å². The summed E-state index contributed by atoms with van der Waals surface area (Å²) in [5, 5.41) is 0.727. The number of carbonyl (C=O) groups is 1. The Morgan fingerprint density at radius 2 is 2.17 bits per heavy atom. The van der Waals surface area contributed by atoms with Crippen molar-refractivity contribution < 1.29 is 9.53 Å². The SMILES string of the molecule is Cc1ccc(C(NN)C2CCN(C(=O)OC(C)(C)C)C2)cc1Cl. The molecule has 3 N–H and O–H groups in total. The zero-order valence-corrected chi connectivity index (χ0v) is 15.0. The number of nitrogens with two attached hydrogens (primary N) is 1. The van der Waals surface area contributed by atoms with Crippen LogP contribution in [0.3, 0.4) is 0 Å². The summed E-state index contributed by atoms with van der Waals surface area (Å²) in [6.45, 7) is 8.88. The van der Waals surface area contributed by atoms with Gasteiger partial charge in [-0.2, -0.15) is 0 Å². The highest BCUT2D eigenvalue weighted by Gasteiger charge is 2.34. The Kier molecular flexibility index (Phi) is 5.55. The van der Waals surface area contributed by atoms with Gasteiger partial charge >= 0.3 is 6.09 Å². The van der Waals surface area contributed by atoms with Crippen LogP contribution in [0.1, 0.15) is 44.4 Å². The van der Waals surface area contributed by atoms with E-state index in [4.69, 9.17) is 22.2 Å². The third-order valence-electron chi connectivity index (χ3n) is 4.08. The zero-order chi connectivity index (χ0) is 17.2.